The van der Waals surface area contributed by atoms with Crippen LogP contribution in [0.4, 0.5) is 0 Å². The highest BCUT2D eigenvalue weighted by molar-refractivity contribution is 7.99. The van der Waals surface area contributed by atoms with Crippen LogP contribution in [-0.4, -0.2) is 24.4 Å². The number of benzene rings is 6. The summed E-state index contributed by atoms with van der Waals surface area (Å²) in [6, 6.07) is 48.6. The molecule has 4 heterocycles. The molecule has 1 aliphatic heterocycles. The molecule has 0 N–H and O–H groups in total. The maximum Gasteiger partial charge on any atom is 0.174 e. The smallest absolute Gasteiger partial charge is 0.174 e. The third kappa shape index (κ3) is 4.23. The lowest BCUT2D eigenvalue weighted by Gasteiger charge is -2.19. The van der Waals surface area contributed by atoms with E-state index in [-0.39, 0.29) is 0 Å². The van der Waals surface area contributed by atoms with Gasteiger partial charge in [0.1, 0.15) is 0 Å². The minimum Gasteiger partial charge on any atom is -0.309 e. The fourth-order valence-corrected chi connectivity index (χ4v) is 8.88. The third-order valence-electron chi connectivity index (χ3n) is 10.0. The van der Waals surface area contributed by atoms with Crippen molar-refractivity contribution in [2.45, 2.75) is 12.1 Å². The average molecular weight is 661 g/mol. The fourth-order valence-electron chi connectivity index (χ4n) is 7.87. The predicted molar refractivity (Wildman–Crippen MR) is 213 cm³/mol. The summed E-state index contributed by atoms with van der Waals surface area (Å²) in [5, 5.41) is 5.99. The van der Waals surface area contributed by atoms with E-state index in [0.29, 0.717) is 0 Å². The minimum absolute atomic E-state index is 0.888. The van der Waals surface area contributed by atoms with E-state index in [9.17, 15) is 0 Å². The van der Waals surface area contributed by atoms with Crippen molar-refractivity contribution < 1.29 is 0 Å². The molecule has 3 aromatic heterocycles. The van der Waals surface area contributed by atoms with Crippen molar-refractivity contribution in [1.29, 1.82) is 0 Å². The van der Waals surface area contributed by atoms with E-state index >= 15 is 0 Å². The van der Waals surface area contributed by atoms with Gasteiger partial charge in [-0.25, -0.2) is 4.98 Å². The summed E-state index contributed by atoms with van der Waals surface area (Å²) in [6.45, 7) is 6.24. The second kappa shape index (κ2) is 11.3. The average Bonchev–Trinajstić information content (AvgIpc) is 3.82. The van der Waals surface area contributed by atoms with Gasteiger partial charge in [0.2, 0.25) is 0 Å². The van der Waals surface area contributed by atoms with E-state index in [1.807, 2.05) is 6.08 Å². The number of rotatable bonds is 5. The van der Waals surface area contributed by atoms with Crippen molar-refractivity contribution >= 4 is 72.1 Å². The first kappa shape index (κ1) is 28.9. The van der Waals surface area contributed by atoms with E-state index < -0.39 is 0 Å². The highest BCUT2D eigenvalue weighted by Crippen LogP contribution is 2.40. The van der Waals surface area contributed by atoms with Gasteiger partial charge in [0.25, 0.3) is 0 Å². The number of allylic oxidation sites excluding steroid dienone is 4. The van der Waals surface area contributed by atoms with Crippen LogP contribution in [0.5, 0.6) is 0 Å². The molecule has 0 fully saturated rings. The number of para-hydroxylation sites is 3. The molecule has 0 saturated heterocycles. The van der Waals surface area contributed by atoms with Gasteiger partial charge >= 0.3 is 0 Å². The molecule has 0 saturated carbocycles. The van der Waals surface area contributed by atoms with E-state index in [0.717, 1.165) is 33.3 Å². The standard InChI is InChI=1S/C45H32N4S/c1-3-12-31-28-50-45-46-38-22-21-33(27-44(38)49(45)39(31)4-2)48-41-18-11-9-16-35(41)37-26-30(20-24-43(37)48)29-19-23-42-36(25-29)34-15-8-10-17-40(34)47(42)32-13-6-5-7-14-32/h3-27H,2,28H2,1H3/b12-3-. The maximum atomic E-state index is 5.01. The zero-order valence-corrected chi connectivity index (χ0v) is 28.4. The van der Waals surface area contributed by atoms with Crippen molar-refractivity contribution in [2.75, 3.05) is 5.75 Å². The molecule has 6 aromatic carbocycles. The number of hydrogen-bond donors (Lipinski definition) is 0. The number of aromatic nitrogens is 4. The zero-order valence-electron chi connectivity index (χ0n) is 27.5. The topological polar surface area (TPSA) is 27.7 Å². The van der Waals surface area contributed by atoms with Crippen molar-refractivity contribution in [3.8, 4) is 22.5 Å². The molecule has 238 valence electrons. The van der Waals surface area contributed by atoms with E-state index in [4.69, 9.17) is 4.98 Å². The van der Waals surface area contributed by atoms with E-state index in [1.54, 1.807) is 11.8 Å². The Morgan fingerprint density at radius 3 is 1.82 bits per heavy atom. The van der Waals surface area contributed by atoms with Gasteiger partial charge in [0, 0.05) is 38.7 Å². The molecule has 10 rings (SSSR count). The van der Waals surface area contributed by atoms with Crippen LogP contribution in [0.15, 0.2) is 169 Å². The summed E-state index contributed by atoms with van der Waals surface area (Å²) >= 11 is 1.78. The Bertz CT molecular complexity index is 2900. The Hall–Kier alpha value is -6.04. The number of thioether (sulfide) groups is 1. The normalized spacial score (nSPS) is 13.5. The van der Waals surface area contributed by atoms with Crippen LogP contribution in [0.2, 0.25) is 0 Å². The number of imidazole rings is 1. The Morgan fingerprint density at radius 1 is 0.580 bits per heavy atom. The molecule has 5 heteroatoms. The van der Waals surface area contributed by atoms with Crippen LogP contribution in [0.1, 0.15) is 6.92 Å². The molecule has 1 aliphatic rings. The van der Waals surface area contributed by atoms with Gasteiger partial charge in [-0.3, -0.25) is 4.57 Å². The molecule has 0 bridgehead atoms. The Kier molecular flexibility index (Phi) is 6.51. The highest BCUT2D eigenvalue weighted by Gasteiger charge is 2.22. The largest absolute Gasteiger partial charge is 0.309 e. The zero-order chi connectivity index (χ0) is 33.3. The second-order valence-corrected chi connectivity index (χ2v) is 13.8. The van der Waals surface area contributed by atoms with E-state index in [1.165, 1.54) is 66.0 Å². The van der Waals surface area contributed by atoms with Crippen molar-refractivity contribution in [3.05, 3.63) is 164 Å². The van der Waals surface area contributed by atoms with Gasteiger partial charge in [-0.1, -0.05) is 97.2 Å². The number of fused-ring (bicyclic) bond motifs is 9. The van der Waals surface area contributed by atoms with Gasteiger partial charge in [-0.2, -0.15) is 0 Å². The molecule has 0 radical (unpaired) electrons. The fraction of sp³-hybridized carbons (Fsp3) is 0.0444. The van der Waals surface area contributed by atoms with Crippen LogP contribution in [0.25, 0.3) is 82.8 Å². The molecule has 0 unspecified atom stereocenters. The molecular formula is C45H32N4S. The van der Waals surface area contributed by atoms with Gasteiger partial charge in [0.05, 0.1) is 38.8 Å². The lowest BCUT2D eigenvalue weighted by Crippen LogP contribution is -2.07. The number of nitrogens with zero attached hydrogens (tertiary/aromatic N) is 4. The first-order valence-electron chi connectivity index (χ1n) is 17.0. The van der Waals surface area contributed by atoms with E-state index in [2.05, 4.69) is 173 Å². The monoisotopic (exact) mass is 660 g/mol. The quantitative estimate of drug-likeness (QED) is 0.184. The van der Waals surface area contributed by atoms with Crippen molar-refractivity contribution in [2.24, 2.45) is 0 Å². The highest BCUT2D eigenvalue weighted by atomic mass is 32.2. The predicted octanol–water partition coefficient (Wildman–Crippen LogP) is 12.0. The Morgan fingerprint density at radius 2 is 1.18 bits per heavy atom. The molecule has 0 aliphatic carbocycles. The summed E-state index contributed by atoms with van der Waals surface area (Å²) in [5.41, 5.74) is 13.9. The van der Waals surface area contributed by atoms with Crippen LogP contribution in [0, 0.1) is 0 Å². The van der Waals surface area contributed by atoms with Crippen molar-refractivity contribution in [3.63, 3.8) is 0 Å². The van der Waals surface area contributed by atoms with Gasteiger partial charge in [-0.15, -0.1) is 0 Å². The van der Waals surface area contributed by atoms with Gasteiger partial charge in [-0.05, 0) is 96.4 Å². The van der Waals surface area contributed by atoms with Crippen LogP contribution in [-0.2, 0) is 0 Å². The summed E-state index contributed by atoms with van der Waals surface area (Å²) in [5.74, 6) is 0.888. The molecule has 50 heavy (non-hydrogen) atoms. The third-order valence-corrected chi connectivity index (χ3v) is 11.0. The number of hydrogen-bond acceptors (Lipinski definition) is 2. The summed E-state index contributed by atoms with van der Waals surface area (Å²) in [7, 11) is 0. The first-order chi connectivity index (χ1) is 24.7. The summed E-state index contributed by atoms with van der Waals surface area (Å²) < 4.78 is 7.03. The first-order valence-corrected chi connectivity index (χ1v) is 18.0. The van der Waals surface area contributed by atoms with Crippen LogP contribution >= 0.6 is 11.8 Å². The maximum absolute atomic E-state index is 5.01. The molecule has 9 aromatic rings. The molecular weight excluding hydrogens is 629 g/mol. The Labute approximate surface area is 293 Å². The second-order valence-electron chi connectivity index (χ2n) is 12.8. The minimum atomic E-state index is 0.888. The lowest BCUT2D eigenvalue weighted by molar-refractivity contribution is 0.930. The molecule has 0 spiro atoms. The summed E-state index contributed by atoms with van der Waals surface area (Å²) in [6.07, 6.45) is 6.25. The Balaban J connectivity index is 1.15. The lowest BCUT2D eigenvalue weighted by atomic mass is 10.0. The molecule has 0 atom stereocenters. The van der Waals surface area contributed by atoms with Crippen LogP contribution in [0.3, 0.4) is 0 Å². The van der Waals surface area contributed by atoms with Gasteiger partial charge in [0.15, 0.2) is 5.16 Å². The molecule has 0 amide bonds. The van der Waals surface area contributed by atoms with Crippen LogP contribution < -0.4 is 0 Å². The van der Waals surface area contributed by atoms with Gasteiger partial charge < -0.3 is 9.13 Å². The molecule has 4 nitrogen and oxygen atoms in total. The SMILES string of the molecule is C=CC1=C(/C=C\C)CSc2nc3ccc(-n4c5ccccc5c5cc(-c6ccc7c(c6)c6ccccc6n7-c6ccccc6)ccc54)cc3n21. The summed E-state index contributed by atoms with van der Waals surface area (Å²) in [4.78, 5) is 5.01. The van der Waals surface area contributed by atoms with Crippen molar-refractivity contribution in [1.82, 2.24) is 18.7 Å².